The van der Waals surface area contributed by atoms with E-state index in [-0.39, 0.29) is 24.8 Å². The van der Waals surface area contributed by atoms with Crippen molar-refractivity contribution in [3.05, 3.63) is 83.9 Å². The van der Waals surface area contributed by atoms with Crippen molar-refractivity contribution in [2.75, 3.05) is 49.9 Å². The van der Waals surface area contributed by atoms with E-state index >= 15 is 0 Å². The Bertz CT molecular complexity index is 2500. The fourth-order valence-electron chi connectivity index (χ4n) is 10.6. The molecule has 15 nitrogen and oxygen atoms in total. The Kier molecular flexibility index (Phi) is 8.71. The Hall–Kier alpha value is -5.93. The van der Waals surface area contributed by atoms with E-state index in [4.69, 9.17) is 15.6 Å². The van der Waals surface area contributed by atoms with Crippen LogP contribution in [0.4, 0.5) is 11.5 Å². The van der Waals surface area contributed by atoms with Crippen LogP contribution in [0.5, 0.6) is 5.75 Å². The zero-order valence-electron chi connectivity index (χ0n) is 33.6. The van der Waals surface area contributed by atoms with E-state index in [1.54, 1.807) is 12.1 Å². The molecule has 4 amide bonds. The molecule has 5 aliphatic heterocycles. The van der Waals surface area contributed by atoms with Crippen molar-refractivity contribution in [1.82, 2.24) is 39.8 Å². The number of hydrogen-bond acceptors (Lipinski definition) is 12. The minimum absolute atomic E-state index is 0.102. The van der Waals surface area contributed by atoms with Gasteiger partial charge >= 0.3 is 0 Å². The number of likely N-dealkylation sites (tertiary alicyclic amines) is 2. The van der Waals surface area contributed by atoms with Crippen molar-refractivity contribution in [2.24, 2.45) is 11.3 Å². The van der Waals surface area contributed by atoms with Gasteiger partial charge in [0.25, 0.3) is 11.8 Å². The summed E-state index contributed by atoms with van der Waals surface area (Å²) < 4.78 is 8.24. The second-order valence-corrected chi connectivity index (χ2v) is 18.0. The number of carbonyl (C=O) groups is 4. The molecule has 2 aliphatic carbocycles. The molecular weight excluding hydrogens is 761 g/mol. The number of carbonyl (C=O) groups excluding carboxylic acids is 4. The summed E-state index contributed by atoms with van der Waals surface area (Å²) in [6.07, 6.45) is 13.7. The number of hydrogen-bond donors (Lipinski definition) is 2. The number of nitrogens with two attached hydrogens (primary N) is 1. The van der Waals surface area contributed by atoms with E-state index in [1.807, 2.05) is 36.4 Å². The van der Waals surface area contributed by atoms with Crippen molar-refractivity contribution in [2.45, 2.75) is 76.0 Å². The number of imide groups is 2. The minimum Gasteiger partial charge on any atom is -0.458 e. The topological polar surface area (TPSA) is 172 Å². The van der Waals surface area contributed by atoms with E-state index in [2.05, 4.69) is 53.7 Å². The van der Waals surface area contributed by atoms with Gasteiger partial charge in [0.15, 0.2) is 5.65 Å². The molecule has 2 aromatic carbocycles. The van der Waals surface area contributed by atoms with E-state index < -0.39 is 23.8 Å². The molecule has 4 saturated heterocycles. The van der Waals surface area contributed by atoms with E-state index in [1.165, 1.54) is 19.2 Å². The largest absolute Gasteiger partial charge is 0.458 e. The predicted molar refractivity (Wildman–Crippen MR) is 223 cm³/mol. The summed E-state index contributed by atoms with van der Waals surface area (Å²) in [4.78, 5) is 68.1. The molecular formula is C45H48N10O5. The number of allylic oxidation sites excluding steroid dienone is 3. The molecule has 2 unspecified atom stereocenters. The summed E-state index contributed by atoms with van der Waals surface area (Å²) in [7, 11) is 0. The maximum atomic E-state index is 13.3. The van der Waals surface area contributed by atoms with Crippen molar-refractivity contribution in [3.63, 3.8) is 0 Å². The summed E-state index contributed by atoms with van der Waals surface area (Å²) in [6.45, 7) is 8.27. The Morgan fingerprint density at radius 2 is 1.62 bits per heavy atom. The highest BCUT2D eigenvalue weighted by atomic mass is 16.5. The highest BCUT2D eigenvalue weighted by Gasteiger charge is 2.50. The third-order valence-corrected chi connectivity index (χ3v) is 14.2. The van der Waals surface area contributed by atoms with Crippen LogP contribution in [0.15, 0.2) is 72.8 Å². The maximum absolute atomic E-state index is 13.3. The van der Waals surface area contributed by atoms with Crippen LogP contribution in [0.2, 0.25) is 0 Å². The van der Waals surface area contributed by atoms with Gasteiger partial charge in [-0.2, -0.15) is 5.10 Å². The highest BCUT2D eigenvalue weighted by Crippen LogP contribution is 2.56. The summed E-state index contributed by atoms with van der Waals surface area (Å²) in [5.74, 6) is 0.628. The quantitative estimate of drug-likeness (QED) is 0.242. The van der Waals surface area contributed by atoms with Crippen LogP contribution in [-0.4, -0.2) is 115 Å². The molecule has 0 radical (unpaired) electrons. The number of rotatable bonds is 8. The molecule has 15 heteroatoms. The molecule has 308 valence electrons. The molecule has 7 aliphatic rings. The number of nitrogen functional groups attached to an aromatic ring is 1. The standard InChI is InChI=1S/C45H48N10O5/c1-26-3-2-4-33(17-26)60-32-8-5-27(6-9-32)39-38-40(46)47-25-48-41(38)55(50-39)29-19-45(20-29)13-15-51(16-14-45)30-21-53(22-30)31-23-52(24-31)28-7-10-34-35(18-28)44(59)54(43(34)58)36-11-12-37(56)49-42(36)57/h2,4-10,17-18,25-26,29-31,36H,3,11-16,19-24H2,1H3,(H2,46,47,48)(H,49,56,57). The first kappa shape index (κ1) is 37.1. The van der Waals surface area contributed by atoms with Crippen molar-refractivity contribution < 1.29 is 23.9 Å². The van der Waals surface area contributed by atoms with Crippen molar-refractivity contribution in [1.29, 1.82) is 0 Å². The van der Waals surface area contributed by atoms with Gasteiger partial charge in [0.2, 0.25) is 11.8 Å². The monoisotopic (exact) mass is 808 g/mol. The second kappa shape index (κ2) is 14.1. The van der Waals surface area contributed by atoms with Gasteiger partial charge in [-0.15, -0.1) is 0 Å². The van der Waals surface area contributed by atoms with Gasteiger partial charge in [0.1, 0.15) is 35.4 Å². The van der Waals surface area contributed by atoms with E-state index in [9.17, 15) is 19.2 Å². The Morgan fingerprint density at radius 3 is 2.37 bits per heavy atom. The minimum atomic E-state index is -0.961. The van der Waals surface area contributed by atoms with Crippen molar-refractivity contribution in [3.8, 4) is 17.0 Å². The zero-order valence-corrected chi connectivity index (χ0v) is 33.6. The number of fused-ring (bicyclic) bond motifs is 2. The molecule has 2 aromatic heterocycles. The molecule has 2 atom stereocenters. The highest BCUT2D eigenvalue weighted by molar-refractivity contribution is 6.23. The molecule has 60 heavy (non-hydrogen) atoms. The fourth-order valence-corrected chi connectivity index (χ4v) is 10.6. The van der Waals surface area contributed by atoms with Gasteiger partial charge < -0.3 is 15.4 Å². The van der Waals surface area contributed by atoms with Gasteiger partial charge in [-0.05, 0) is 118 Å². The summed E-state index contributed by atoms with van der Waals surface area (Å²) in [6, 6.07) is 13.7. The number of nitrogens with one attached hydrogen (secondary N) is 1. The first-order chi connectivity index (χ1) is 29.1. The van der Waals surface area contributed by atoms with E-state index in [0.29, 0.717) is 40.4 Å². The predicted octanol–water partition coefficient (Wildman–Crippen LogP) is 4.33. The molecule has 11 rings (SSSR count). The second-order valence-electron chi connectivity index (χ2n) is 18.0. The molecule has 1 spiro atoms. The normalized spacial score (nSPS) is 25.0. The SMILES string of the molecule is CC1C=C(Oc2ccc(-c3nn(C4CC5(CCN(C6CN(C7CN(c8ccc9c(c8)C(=O)N(C8CCC(=O)NC8=O)C9=O)C7)C6)CC5)C4)c4ncnc(N)c34)cc2)C=CC1. The first-order valence-electron chi connectivity index (χ1n) is 21.3. The maximum Gasteiger partial charge on any atom is 0.262 e. The van der Waals surface area contributed by atoms with Crippen LogP contribution in [-0.2, 0) is 9.59 Å². The number of nitrogens with zero attached hydrogens (tertiary/aromatic N) is 8. The Labute approximate surface area is 347 Å². The third kappa shape index (κ3) is 6.19. The fraction of sp³-hybridized carbons (Fsp3) is 0.444. The lowest BCUT2D eigenvalue weighted by Crippen LogP contribution is -2.70. The lowest BCUT2D eigenvalue weighted by molar-refractivity contribution is -0.136. The molecule has 7 heterocycles. The number of aromatic nitrogens is 4. The van der Waals surface area contributed by atoms with Gasteiger partial charge in [-0.3, -0.25) is 39.2 Å². The molecule has 0 bridgehead atoms. The summed E-state index contributed by atoms with van der Waals surface area (Å²) >= 11 is 0. The van der Waals surface area contributed by atoms with Crippen LogP contribution in [0.1, 0.15) is 78.6 Å². The van der Waals surface area contributed by atoms with Crippen LogP contribution in [0, 0.1) is 11.3 Å². The van der Waals surface area contributed by atoms with Crippen molar-refractivity contribution >= 4 is 46.2 Å². The summed E-state index contributed by atoms with van der Waals surface area (Å²) in [5.41, 5.74) is 10.9. The smallest absolute Gasteiger partial charge is 0.262 e. The molecule has 4 aromatic rings. The lowest BCUT2D eigenvalue weighted by Gasteiger charge is -2.58. The lowest BCUT2D eigenvalue weighted by atomic mass is 9.60. The number of anilines is 2. The number of benzene rings is 2. The number of piperidine rings is 2. The number of ether oxygens (including phenoxy) is 1. The van der Waals surface area contributed by atoms with Crippen LogP contribution >= 0.6 is 0 Å². The van der Waals surface area contributed by atoms with Gasteiger partial charge in [-0.25, -0.2) is 14.6 Å². The summed E-state index contributed by atoms with van der Waals surface area (Å²) in [5, 5.41) is 8.20. The van der Waals surface area contributed by atoms with Gasteiger partial charge in [-0.1, -0.05) is 13.0 Å². The van der Waals surface area contributed by atoms with Crippen LogP contribution in [0.25, 0.3) is 22.3 Å². The average molecular weight is 809 g/mol. The van der Waals surface area contributed by atoms with Crippen LogP contribution < -0.4 is 20.7 Å². The molecule has 1 saturated carbocycles. The van der Waals surface area contributed by atoms with Gasteiger partial charge in [0, 0.05) is 55.9 Å². The Morgan fingerprint density at radius 1 is 0.867 bits per heavy atom. The third-order valence-electron chi connectivity index (χ3n) is 14.2. The van der Waals surface area contributed by atoms with E-state index in [0.717, 1.165) is 103 Å². The average Bonchev–Trinajstić information content (AvgIpc) is 3.69. The number of amides is 4. The zero-order chi connectivity index (χ0) is 40.9. The molecule has 5 fully saturated rings. The van der Waals surface area contributed by atoms with Gasteiger partial charge in [0.05, 0.1) is 22.6 Å². The first-order valence-corrected chi connectivity index (χ1v) is 21.3. The van der Waals surface area contributed by atoms with Crippen LogP contribution in [0.3, 0.4) is 0 Å². The Balaban J connectivity index is 0.671. The molecule has 3 N–H and O–H groups in total.